The van der Waals surface area contributed by atoms with E-state index in [2.05, 4.69) is 39.6 Å². The van der Waals surface area contributed by atoms with Crippen molar-refractivity contribution < 1.29 is 14.3 Å². The summed E-state index contributed by atoms with van der Waals surface area (Å²) in [6.45, 7) is 16.8. The van der Waals surface area contributed by atoms with Crippen LogP contribution in [0, 0.1) is 0 Å². The zero-order chi connectivity index (χ0) is 15.8. The molecule has 0 aromatic rings. The van der Waals surface area contributed by atoms with Crippen molar-refractivity contribution in [3.8, 4) is 0 Å². The van der Waals surface area contributed by atoms with Crippen LogP contribution in [0.15, 0.2) is 23.4 Å². The van der Waals surface area contributed by atoms with Crippen molar-refractivity contribution in [2.24, 2.45) is 0 Å². The summed E-state index contributed by atoms with van der Waals surface area (Å²) in [5, 5.41) is 0.266. The quantitative estimate of drug-likeness (QED) is 0.307. The molecule has 3 nitrogen and oxygen atoms in total. The Kier molecular flexibility index (Phi) is 8.05. The molecule has 0 rings (SSSR count). The van der Waals surface area contributed by atoms with Gasteiger partial charge in [-0.3, -0.25) is 0 Å². The van der Waals surface area contributed by atoms with Gasteiger partial charge in [0.1, 0.15) is 0 Å². The topological polar surface area (TPSA) is 35.5 Å². The Morgan fingerprint density at radius 2 is 1.70 bits per heavy atom. The van der Waals surface area contributed by atoms with Gasteiger partial charge in [-0.15, -0.1) is 0 Å². The fraction of sp³-hybridized carbons (Fsp3) is 0.688. The average molecular weight is 298 g/mol. The lowest BCUT2D eigenvalue weighted by molar-refractivity contribution is -0.137. The Morgan fingerprint density at radius 1 is 1.10 bits per heavy atom. The van der Waals surface area contributed by atoms with Crippen molar-refractivity contribution in [2.45, 2.75) is 52.8 Å². The van der Waals surface area contributed by atoms with Gasteiger partial charge in [0.15, 0.2) is 0 Å². The molecule has 0 bridgehead atoms. The minimum atomic E-state index is -1.55. The van der Waals surface area contributed by atoms with Gasteiger partial charge in [0.25, 0.3) is 0 Å². The van der Waals surface area contributed by atoms with Gasteiger partial charge >= 0.3 is 5.97 Å². The van der Waals surface area contributed by atoms with E-state index in [-0.39, 0.29) is 11.0 Å². The first-order valence-corrected chi connectivity index (χ1v) is 10.4. The monoisotopic (exact) mass is 298 g/mol. The Labute approximate surface area is 125 Å². The van der Waals surface area contributed by atoms with E-state index in [1.54, 1.807) is 6.92 Å². The summed E-state index contributed by atoms with van der Waals surface area (Å²) >= 11 is 0. The molecule has 0 amide bonds. The molecule has 0 aliphatic rings. The van der Waals surface area contributed by atoms with Crippen molar-refractivity contribution >= 4 is 14.0 Å². The van der Waals surface area contributed by atoms with Crippen LogP contribution < -0.4 is 0 Å². The lowest BCUT2D eigenvalue weighted by Gasteiger charge is -2.34. The highest BCUT2D eigenvalue weighted by molar-refractivity contribution is 6.84. The van der Waals surface area contributed by atoms with Crippen LogP contribution >= 0.6 is 0 Å². The minimum absolute atomic E-state index is 0.266. The summed E-state index contributed by atoms with van der Waals surface area (Å²) in [7, 11) is -1.55. The fourth-order valence-corrected chi connectivity index (χ4v) is 2.94. The summed E-state index contributed by atoms with van der Waals surface area (Å²) in [6.07, 6.45) is 3.32. The molecule has 0 N–H and O–H groups in total. The van der Waals surface area contributed by atoms with Crippen molar-refractivity contribution in [1.29, 1.82) is 0 Å². The van der Waals surface area contributed by atoms with Crippen molar-refractivity contribution in [2.75, 3.05) is 19.8 Å². The van der Waals surface area contributed by atoms with Crippen LogP contribution in [0.4, 0.5) is 0 Å². The third kappa shape index (κ3) is 7.06. The molecule has 0 aromatic carbocycles. The number of carbonyl (C=O) groups is 1. The largest absolute Gasteiger partial charge is 0.463 e. The van der Waals surface area contributed by atoms with E-state index in [0.29, 0.717) is 19.8 Å². The molecule has 0 fully saturated rings. The molecule has 0 saturated heterocycles. The smallest absolute Gasteiger partial charge is 0.330 e. The number of hydrogen-bond acceptors (Lipinski definition) is 3. The molecule has 4 heteroatoms. The lowest BCUT2D eigenvalue weighted by Crippen LogP contribution is -2.35. The maximum absolute atomic E-state index is 11.4. The summed E-state index contributed by atoms with van der Waals surface area (Å²) < 4.78 is 10.4. The number of ether oxygens (including phenoxy) is 2. The second kappa shape index (κ2) is 8.42. The molecule has 20 heavy (non-hydrogen) atoms. The molecule has 0 atom stereocenters. The van der Waals surface area contributed by atoms with E-state index in [1.165, 1.54) is 6.08 Å². The van der Waals surface area contributed by atoms with E-state index < -0.39 is 8.07 Å². The van der Waals surface area contributed by atoms with Crippen molar-refractivity contribution in [1.82, 2.24) is 0 Å². The van der Waals surface area contributed by atoms with Gasteiger partial charge < -0.3 is 9.47 Å². The standard InChI is InChI=1S/C16H30O3Si/c1-8-18-12-14(10-11-15(17)19-9-2)13-20(6,7)16(3,4)5/h10-11,13H,8-9,12H2,1-7H3/b11-10+,14-13-. The second-order valence-electron chi connectivity index (χ2n) is 6.41. The molecule has 0 spiro atoms. The molecular formula is C16H30O3Si. The van der Waals surface area contributed by atoms with Crippen LogP contribution in [0.5, 0.6) is 0 Å². The Hall–Kier alpha value is -0.873. The average Bonchev–Trinajstić information content (AvgIpc) is 2.31. The molecule has 0 saturated carbocycles. The number of rotatable bonds is 7. The van der Waals surface area contributed by atoms with Crippen LogP contribution in [0.3, 0.4) is 0 Å². The second-order valence-corrected chi connectivity index (χ2v) is 11.6. The number of carbonyl (C=O) groups excluding carboxylic acids is 1. The third-order valence-corrected chi connectivity index (χ3v) is 8.63. The normalized spacial score (nSPS) is 13.8. The zero-order valence-electron chi connectivity index (χ0n) is 14.1. The van der Waals surface area contributed by atoms with Gasteiger partial charge in [0.2, 0.25) is 0 Å². The summed E-state index contributed by atoms with van der Waals surface area (Å²) in [5.74, 6) is -0.301. The molecule has 0 aliphatic carbocycles. The molecule has 0 aromatic heterocycles. The maximum atomic E-state index is 11.4. The summed E-state index contributed by atoms with van der Waals surface area (Å²) in [6, 6.07) is 0. The predicted molar refractivity (Wildman–Crippen MR) is 87.5 cm³/mol. The fourth-order valence-electron chi connectivity index (χ4n) is 1.40. The Morgan fingerprint density at radius 3 is 2.15 bits per heavy atom. The highest BCUT2D eigenvalue weighted by Crippen LogP contribution is 2.37. The number of hydrogen-bond donors (Lipinski definition) is 0. The van der Waals surface area contributed by atoms with Gasteiger partial charge in [0.05, 0.1) is 21.3 Å². The first kappa shape index (κ1) is 19.1. The molecule has 0 heterocycles. The predicted octanol–water partition coefficient (Wildman–Crippen LogP) is 4.12. The van der Waals surface area contributed by atoms with Gasteiger partial charge in [-0.1, -0.05) is 45.6 Å². The Bertz CT molecular complexity index is 362. The van der Waals surface area contributed by atoms with E-state index in [4.69, 9.17) is 9.47 Å². The van der Waals surface area contributed by atoms with Crippen molar-refractivity contribution in [3.05, 3.63) is 23.4 Å². The first-order chi connectivity index (χ1) is 9.14. The third-order valence-electron chi connectivity index (χ3n) is 3.67. The molecular weight excluding hydrogens is 268 g/mol. The first-order valence-electron chi connectivity index (χ1n) is 7.28. The van der Waals surface area contributed by atoms with Crippen LogP contribution in [-0.2, 0) is 14.3 Å². The van der Waals surface area contributed by atoms with Crippen molar-refractivity contribution in [3.63, 3.8) is 0 Å². The summed E-state index contributed by atoms with van der Waals surface area (Å²) in [5.41, 5.74) is 3.38. The number of esters is 1. The zero-order valence-corrected chi connectivity index (χ0v) is 15.1. The van der Waals surface area contributed by atoms with Crippen LogP contribution in [-0.4, -0.2) is 33.9 Å². The molecule has 0 radical (unpaired) electrons. The highest BCUT2D eigenvalue weighted by Gasteiger charge is 2.33. The Balaban J connectivity index is 5.10. The van der Waals surface area contributed by atoms with E-state index in [1.807, 2.05) is 13.0 Å². The maximum Gasteiger partial charge on any atom is 0.330 e. The van der Waals surface area contributed by atoms with Gasteiger partial charge in [0, 0.05) is 12.7 Å². The van der Waals surface area contributed by atoms with Crippen LogP contribution in [0.1, 0.15) is 34.6 Å². The SMILES string of the molecule is CCOCC(=C\[Si](C)(C)C(C)(C)C)/C=C/C(=O)OCC. The molecule has 0 aliphatic heterocycles. The minimum Gasteiger partial charge on any atom is -0.463 e. The molecule has 116 valence electrons. The summed E-state index contributed by atoms with van der Waals surface area (Å²) in [4.78, 5) is 11.4. The lowest BCUT2D eigenvalue weighted by atomic mass is 10.2. The van der Waals surface area contributed by atoms with Gasteiger partial charge in [-0.05, 0) is 24.5 Å². The van der Waals surface area contributed by atoms with Crippen LogP contribution in [0.25, 0.3) is 0 Å². The van der Waals surface area contributed by atoms with Gasteiger partial charge in [-0.2, -0.15) is 0 Å². The highest BCUT2D eigenvalue weighted by atomic mass is 28.3. The van der Waals surface area contributed by atoms with Crippen LogP contribution in [0.2, 0.25) is 18.1 Å². The van der Waals surface area contributed by atoms with Gasteiger partial charge in [-0.25, -0.2) is 4.79 Å². The molecule has 0 unspecified atom stereocenters. The van der Waals surface area contributed by atoms with E-state index in [0.717, 1.165) is 5.57 Å². The van der Waals surface area contributed by atoms with E-state index in [9.17, 15) is 4.79 Å². The van der Waals surface area contributed by atoms with E-state index >= 15 is 0 Å².